The van der Waals surface area contributed by atoms with Crippen LogP contribution in [0.1, 0.15) is 129 Å². The molecular formula is C47H85CaClKN5NaO8P. The molecule has 13 nitrogen and oxygen atoms in total. The number of hydrogen-bond acceptors (Lipinski definition) is 11. The van der Waals surface area contributed by atoms with Gasteiger partial charge in [-0.15, -0.1) is 12.4 Å². The monoisotopic (exact) mass is 1020 g/mol. The summed E-state index contributed by atoms with van der Waals surface area (Å²) in [5.41, 5.74) is 3.88. The summed E-state index contributed by atoms with van der Waals surface area (Å²) < 4.78 is 0. The van der Waals surface area contributed by atoms with Crippen LogP contribution in [0.5, 0.6) is 0 Å². The number of rotatable bonds is 11. The molecule has 9 N–H and O–H groups in total. The summed E-state index contributed by atoms with van der Waals surface area (Å²) >= 11 is 0. The van der Waals surface area contributed by atoms with E-state index in [4.69, 9.17) is 30.9 Å². The van der Waals surface area contributed by atoms with Crippen molar-refractivity contribution in [3.8, 4) is 0 Å². The molecule has 1 aromatic rings. The molecule has 0 bridgehead atoms. The van der Waals surface area contributed by atoms with Gasteiger partial charge < -0.3 is 51.4 Å². The topological polar surface area (TPSA) is 220 Å². The quantitative estimate of drug-likeness (QED) is 0.0580. The molecule has 4 fully saturated rings. The predicted octanol–water partition coefficient (Wildman–Crippen LogP) is -0.778. The number of nitrogens with one attached hydrogen (secondary N) is 3. The van der Waals surface area contributed by atoms with Crippen molar-refractivity contribution >= 4 is 78.2 Å². The van der Waals surface area contributed by atoms with E-state index in [0.717, 1.165) is 61.3 Å². The fraction of sp³-hybridized carbons (Fsp3) is 0.745. The van der Waals surface area contributed by atoms with Gasteiger partial charge in [-0.25, -0.2) is 0 Å². The molecule has 6 aliphatic rings. The second-order valence-electron chi connectivity index (χ2n) is 19.3. The summed E-state index contributed by atoms with van der Waals surface area (Å²) in [5.74, 6) is 5.55. The number of carbonyl (C=O) groups is 2. The smallest absolute Gasteiger partial charge is 1.00 e. The van der Waals surface area contributed by atoms with Crippen LogP contribution in [0, 0.1) is 51.7 Å². The molecule has 0 aromatic carbocycles. The first kappa shape index (κ1) is 68.7. The third-order valence-electron chi connectivity index (χ3n) is 14.8. The van der Waals surface area contributed by atoms with Gasteiger partial charge in [-0.1, -0.05) is 83.7 Å². The van der Waals surface area contributed by atoms with Crippen molar-refractivity contribution in [1.82, 2.24) is 20.5 Å². The predicted molar refractivity (Wildman–Crippen MR) is 262 cm³/mol. The van der Waals surface area contributed by atoms with Crippen molar-refractivity contribution in [3.63, 3.8) is 0 Å². The van der Waals surface area contributed by atoms with Gasteiger partial charge in [0.25, 0.3) is 0 Å². The van der Waals surface area contributed by atoms with Gasteiger partial charge in [0.2, 0.25) is 5.91 Å². The summed E-state index contributed by atoms with van der Waals surface area (Å²) in [6.45, 7) is 13.1. The SMILES string of the molecule is C1=CC[C@@H](c2cccnc2)NC1.CC(C)CCC[C@@H](C)[C@H]1CC[C@H]2[C@@H]3CC=C4C[C@@H](O)CC[C@]4(C)[C@H]3CC[C@]12C.CN1CC(=O)NC1=N.Cl.O=C[C@H](O)[C@@H](O)[C@H](O)[C@H](O)CO.P.[Ca+2].[H-].[H-].[H-].[H-].[K+].[Na+]. The number of amides is 1. The number of aromatic nitrogens is 1. The van der Waals surface area contributed by atoms with Gasteiger partial charge >= 0.3 is 119 Å². The molecule has 0 spiro atoms. The van der Waals surface area contributed by atoms with Crippen molar-refractivity contribution in [1.29, 1.82) is 5.41 Å². The summed E-state index contributed by atoms with van der Waals surface area (Å²) in [6, 6.07) is 4.56. The van der Waals surface area contributed by atoms with E-state index >= 15 is 0 Å². The van der Waals surface area contributed by atoms with Crippen molar-refractivity contribution in [2.45, 2.75) is 148 Å². The van der Waals surface area contributed by atoms with Crippen molar-refractivity contribution in [3.05, 3.63) is 53.9 Å². The Hall–Kier alpha value is 1.58. The zero-order valence-corrected chi connectivity index (χ0v) is 50.4. The molecule has 18 heteroatoms. The average Bonchev–Trinajstić information content (AvgIpc) is 3.76. The first-order chi connectivity index (χ1) is 28.5. The molecule has 362 valence electrons. The Morgan fingerprint density at radius 3 is 2.23 bits per heavy atom. The third kappa shape index (κ3) is 19.2. The van der Waals surface area contributed by atoms with Crippen molar-refractivity contribution in [2.24, 2.45) is 46.3 Å². The van der Waals surface area contributed by atoms with E-state index in [1.54, 1.807) is 17.5 Å². The van der Waals surface area contributed by atoms with E-state index in [9.17, 15) is 14.7 Å². The molecule has 0 radical (unpaired) electrons. The molecule has 1 saturated heterocycles. The van der Waals surface area contributed by atoms with Gasteiger partial charge in [-0.05, 0) is 116 Å². The second-order valence-corrected chi connectivity index (χ2v) is 19.3. The number of halogens is 1. The van der Waals surface area contributed by atoms with E-state index in [-0.39, 0.29) is 171 Å². The van der Waals surface area contributed by atoms with Crippen LogP contribution in [0.2, 0.25) is 0 Å². The Morgan fingerprint density at radius 1 is 1.02 bits per heavy atom. The van der Waals surface area contributed by atoms with Crippen LogP contribution in [-0.4, -0.2) is 154 Å². The fourth-order valence-corrected chi connectivity index (χ4v) is 11.3. The molecule has 3 saturated carbocycles. The summed E-state index contributed by atoms with van der Waals surface area (Å²) in [6.07, 6.45) is 19.5. The molecule has 1 unspecified atom stereocenters. The van der Waals surface area contributed by atoms with Crippen molar-refractivity contribution < 1.29 is 127 Å². The van der Waals surface area contributed by atoms with E-state index in [1.165, 1.54) is 63.4 Å². The Labute approximate surface area is 500 Å². The molecular weight excluding hydrogens is 931 g/mol. The Balaban J connectivity index is -0.000000206. The summed E-state index contributed by atoms with van der Waals surface area (Å²) in [5, 5.41) is 66.5. The normalized spacial score (nSPS) is 30.5. The standard InChI is InChI=1S/C27H46O.C10H12N2.C6H12O6.C4H7N3O.Ca.ClH.K.Na.H3P.4H/c1-18(2)7-6-8-19(3)23-11-12-24-22-10-9-20-17-21(28)13-15-26(20,4)25(22)14-16-27(23,24)5;1-2-7-12-10(5-1)9-4-3-6-11-8-9;7-1-3(9)5(11)6(12)4(10)2-8;1-7-2-3(8)6-4(7)5;;;;;;;;;/h9,18-19,21-25,28H,6-8,10-17H2,1-5H3;1-4,6,8,10,12H,5,7H2;1,3-6,8-12H,2H2;2H2,1H3,(H2,5,6,8);;1H;;;1H3;;;;/q;;;;+2;;2*+1;;4*-1/t19-,21+,22+,23-,24+,25+,26+,27-;10-;3-,4+,5+,6+;;;;;;;;;;/m100........../s1. The van der Waals surface area contributed by atoms with Crippen LogP contribution in [-0.2, 0) is 9.59 Å². The van der Waals surface area contributed by atoms with E-state index in [2.05, 4.69) is 74.5 Å². The maximum absolute atomic E-state index is 10.4. The Morgan fingerprint density at radius 2 is 1.71 bits per heavy atom. The fourth-order valence-electron chi connectivity index (χ4n) is 11.3. The number of aliphatic hydroxyl groups is 6. The maximum atomic E-state index is 10.4. The number of aliphatic hydroxyl groups excluding tert-OH is 6. The minimum atomic E-state index is -1.79. The average molecular weight is 1020 g/mol. The number of pyridine rings is 1. The maximum Gasteiger partial charge on any atom is 2.00 e. The number of likely N-dealkylation sites (N-methyl/N-ethyl adjacent to an activating group) is 1. The number of fused-ring (bicyclic) bond motifs is 5. The third-order valence-corrected chi connectivity index (χ3v) is 14.8. The van der Waals surface area contributed by atoms with E-state index in [0.29, 0.717) is 23.4 Å². The number of guanidine groups is 1. The zero-order valence-electron chi connectivity index (χ0n) is 44.9. The Bertz CT molecular complexity index is 1640. The minimum absolute atomic E-state index is 0. The van der Waals surface area contributed by atoms with Gasteiger partial charge in [0.15, 0.2) is 12.2 Å². The van der Waals surface area contributed by atoms with Gasteiger partial charge in [-0.2, -0.15) is 9.90 Å². The van der Waals surface area contributed by atoms with Crippen LogP contribution in [0.4, 0.5) is 0 Å². The molecule has 1 aromatic heterocycles. The first-order valence-electron chi connectivity index (χ1n) is 22.5. The van der Waals surface area contributed by atoms with Crippen LogP contribution >= 0.6 is 22.3 Å². The van der Waals surface area contributed by atoms with Gasteiger partial charge in [0.05, 0.1) is 19.3 Å². The van der Waals surface area contributed by atoms with Crippen LogP contribution < -0.4 is 91.6 Å². The largest absolute Gasteiger partial charge is 2.00 e. The van der Waals surface area contributed by atoms with Crippen LogP contribution in [0.15, 0.2) is 48.3 Å². The summed E-state index contributed by atoms with van der Waals surface area (Å²) in [4.78, 5) is 25.9. The first-order valence-corrected chi connectivity index (χ1v) is 22.5. The molecule has 3 heterocycles. The summed E-state index contributed by atoms with van der Waals surface area (Å²) in [7, 11) is 1.69. The number of carbonyl (C=O) groups excluding carboxylic acids is 2. The number of aldehydes is 1. The zero-order chi connectivity index (χ0) is 44.2. The van der Waals surface area contributed by atoms with E-state index < -0.39 is 31.0 Å². The minimum Gasteiger partial charge on any atom is -1.00 e. The van der Waals surface area contributed by atoms with E-state index in [1.807, 2.05) is 18.5 Å². The second kappa shape index (κ2) is 33.3. The van der Waals surface area contributed by atoms with Gasteiger partial charge in [0, 0.05) is 32.0 Å². The Kier molecular flexibility index (Phi) is 35.2. The molecule has 7 rings (SSSR count). The number of allylic oxidation sites excluding steroid dienone is 1. The van der Waals surface area contributed by atoms with Gasteiger partial charge in [-0.3, -0.25) is 20.5 Å². The molecule has 14 atom stereocenters. The molecule has 2 aliphatic heterocycles. The van der Waals surface area contributed by atoms with Crippen LogP contribution in [0.3, 0.4) is 0 Å². The molecule has 4 aliphatic carbocycles. The van der Waals surface area contributed by atoms with Gasteiger partial charge in [0.1, 0.15) is 24.4 Å². The van der Waals surface area contributed by atoms with Crippen LogP contribution in [0.25, 0.3) is 0 Å². The number of hydrogen-bond donors (Lipinski definition) is 9. The van der Waals surface area contributed by atoms with Crippen molar-refractivity contribution in [2.75, 3.05) is 26.7 Å². The molecule has 1 amide bonds. The number of nitrogens with zero attached hydrogens (tertiary/aromatic N) is 2. The molecule has 65 heavy (non-hydrogen) atoms.